The van der Waals surface area contributed by atoms with Crippen LogP contribution in [-0.4, -0.2) is 408 Å². The summed E-state index contributed by atoms with van der Waals surface area (Å²) in [5.74, 6) is 16.7. The Morgan fingerprint density at radius 1 is 0.241 bits per heavy atom. The summed E-state index contributed by atoms with van der Waals surface area (Å²) in [7, 11) is 6.61. The van der Waals surface area contributed by atoms with Gasteiger partial charge in [-0.05, 0) is 153 Å². The molecule has 25 nitrogen and oxygen atoms in total. The first-order chi connectivity index (χ1) is 55.3. The van der Waals surface area contributed by atoms with Gasteiger partial charge in [-0.15, -0.1) is 6.58 Å². The van der Waals surface area contributed by atoms with Gasteiger partial charge in [0.15, 0.2) is 0 Å². The maximum absolute atomic E-state index is 13.7. The SMILES string of the molecule is C=CCN(CCOCCOCCOCCOC)C(=O)CCSCCCCSCCCN(CCOCCOCCOCCOC)C(=O)CCSCCCCSCCCN(CCOCCOCCOCCOC)C(=O)CCSCCCCSCCCN(CCOCCOCCOCCOC)C(=O)CCSCCCCSCCCN. The highest BCUT2D eigenvalue weighted by molar-refractivity contribution is 8.00. The fraction of sp³-hybridized carbons (Fsp3) is 0.924. The Morgan fingerprint density at radius 3 is 0.634 bits per heavy atom. The molecule has 664 valence electrons. The van der Waals surface area contributed by atoms with Crippen LogP contribution >= 0.6 is 94.1 Å². The van der Waals surface area contributed by atoms with Crippen molar-refractivity contribution in [1.82, 2.24) is 19.6 Å². The predicted octanol–water partition coefficient (Wildman–Crippen LogP) is 10.3. The zero-order valence-corrected chi connectivity index (χ0v) is 76.4. The van der Waals surface area contributed by atoms with E-state index in [9.17, 15) is 19.2 Å². The van der Waals surface area contributed by atoms with E-state index in [1.807, 2.05) is 114 Å². The van der Waals surface area contributed by atoms with Crippen LogP contribution in [0.15, 0.2) is 12.7 Å². The van der Waals surface area contributed by atoms with Gasteiger partial charge in [0.25, 0.3) is 0 Å². The first kappa shape index (κ1) is 112. The minimum absolute atomic E-state index is 0.122. The third kappa shape index (κ3) is 83.4. The third-order valence-electron chi connectivity index (χ3n) is 16.3. The van der Waals surface area contributed by atoms with Crippen LogP contribution in [0.4, 0.5) is 0 Å². The highest BCUT2D eigenvalue weighted by atomic mass is 32.2. The fourth-order valence-electron chi connectivity index (χ4n) is 9.97. The van der Waals surface area contributed by atoms with Crippen LogP contribution in [0.2, 0.25) is 0 Å². The van der Waals surface area contributed by atoms with E-state index >= 15 is 0 Å². The molecule has 0 rings (SSSR count). The van der Waals surface area contributed by atoms with Gasteiger partial charge in [-0.3, -0.25) is 19.2 Å². The van der Waals surface area contributed by atoms with Crippen LogP contribution in [0.1, 0.15) is 103 Å². The molecule has 0 aliphatic carbocycles. The van der Waals surface area contributed by atoms with Crippen LogP contribution in [0.25, 0.3) is 0 Å². The molecule has 0 saturated carbocycles. The van der Waals surface area contributed by atoms with Crippen LogP contribution in [-0.2, 0) is 95.0 Å². The largest absolute Gasteiger partial charge is 0.382 e. The quantitative estimate of drug-likeness (QED) is 0.0439. The van der Waals surface area contributed by atoms with E-state index < -0.39 is 0 Å². The van der Waals surface area contributed by atoms with Gasteiger partial charge in [-0.1, -0.05) is 6.08 Å². The zero-order valence-electron chi connectivity index (χ0n) is 69.9. The Morgan fingerprint density at radius 2 is 0.420 bits per heavy atom. The van der Waals surface area contributed by atoms with Gasteiger partial charge in [0.05, 0.1) is 185 Å². The second-order valence-electron chi connectivity index (χ2n) is 25.5. The number of carbonyl (C=O) groups excluding carboxylic acids is 4. The van der Waals surface area contributed by atoms with E-state index in [0.717, 1.165) is 164 Å². The van der Waals surface area contributed by atoms with Crippen molar-refractivity contribution < 1.29 is 95.0 Å². The summed E-state index contributed by atoms with van der Waals surface area (Å²) < 4.78 is 87.7. The summed E-state index contributed by atoms with van der Waals surface area (Å²) in [5.41, 5.74) is 5.62. The molecule has 0 aromatic heterocycles. The Hall–Kier alpha value is -0.260. The number of carbonyl (C=O) groups is 4. The Kier molecular flexibility index (Phi) is 96.0. The van der Waals surface area contributed by atoms with E-state index in [1.165, 1.54) is 18.6 Å². The molecule has 0 atom stereocenters. The summed E-state index contributed by atoms with van der Waals surface area (Å²) in [6, 6.07) is 0. The molecule has 0 aliphatic rings. The van der Waals surface area contributed by atoms with Crippen LogP contribution in [0, 0.1) is 0 Å². The molecular formula is C79H155N5O20S8. The topological polar surface area (TPSA) is 255 Å². The number of nitrogens with zero attached hydrogens (tertiary/aromatic N) is 4. The van der Waals surface area contributed by atoms with Gasteiger partial charge < -0.3 is 101 Å². The van der Waals surface area contributed by atoms with Crippen molar-refractivity contribution in [2.24, 2.45) is 5.73 Å². The molecule has 0 aromatic rings. The molecule has 0 aliphatic heterocycles. The van der Waals surface area contributed by atoms with Crippen LogP contribution < -0.4 is 5.73 Å². The smallest absolute Gasteiger partial charge is 0.223 e. The maximum Gasteiger partial charge on any atom is 0.223 e. The molecule has 0 unspecified atom stereocenters. The van der Waals surface area contributed by atoms with Crippen molar-refractivity contribution in [3.63, 3.8) is 0 Å². The van der Waals surface area contributed by atoms with Crippen LogP contribution in [0.3, 0.4) is 0 Å². The van der Waals surface area contributed by atoms with Gasteiger partial charge >= 0.3 is 0 Å². The van der Waals surface area contributed by atoms with E-state index in [4.69, 9.17) is 81.5 Å². The van der Waals surface area contributed by atoms with Crippen LogP contribution in [0.5, 0.6) is 0 Å². The average Bonchev–Trinajstić information content (AvgIpc) is 0.961. The number of thioether (sulfide) groups is 8. The molecule has 4 amide bonds. The summed E-state index contributed by atoms with van der Waals surface area (Å²) in [5, 5.41) is 0. The molecule has 0 fully saturated rings. The molecule has 0 bridgehead atoms. The molecular weight excluding hydrogens is 1600 g/mol. The van der Waals surface area contributed by atoms with Gasteiger partial charge in [0.1, 0.15) is 0 Å². The van der Waals surface area contributed by atoms with Gasteiger partial charge in [0, 0.05) is 129 Å². The number of unbranched alkanes of at least 4 members (excludes halogenated alkanes) is 4. The average molecular weight is 1750 g/mol. The minimum atomic E-state index is 0.122. The maximum atomic E-state index is 13.7. The number of ether oxygens (including phenoxy) is 16. The normalized spacial score (nSPS) is 11.5. The van der Waals surface area contributed by atoms with Gasteiger partial charge in [-0.2, -0.15) is 94.1 Å². The molecule has 0 radical (unpaired) electrons. The molecule has 0 saturated heterocycles. The van der Waals surface area contributed by atoms with E-state index in [2.05, 4.69) is 6.58 Å². The lowest BCUT2D eigenvalue weighted by molar-refractivity contribution is -0.132. The molecule has 112 heavy (non-hydrogen) atoms. The summed E-state index contributed by atoms with van der Waals surface area (Å²) >= 11 is 15.3. The molecule has 0 heterocycles. The standard InChI is InChI=1S/C79H155N5O20S8/c1-6-24-81(28-32-93-44-48-101-56-52-97-40-36-89-2)76(85)19-72-109-65-12-8-61-106-69-16-26-83(30-34-95-46-50-103-58-54-99-42-38-91-4)78(87)21-74-111-67-14-10-63-108-71-18-27-84(31-35-96-47-51-104-59-55-100-43-39-92-5)79(88)22-75-112-66-13-9-62-107-70-17-25-82(29-33-94-45-49-102-57-53-98-41-37-90-3)77(86)20-73-110-64-11-7-60-105-68-15-23-80/h6H,1,7-75,80H2,2-5H3. The Labute approximate surface area is 712 Å². The van der Waals surface area contributed by atoms with E-state index in [0.29, 0.717) is 256 Å². The molecule has 0 spiro atoms. The summed E-state index contributed by atoms with van der Waals surface area (Å²) in [6.45, 7) is 23.7. The first-order valence-corrected chi connectivity index (χ1v) is 50.5. The highest BCUT2D eigenvalue weighted by Gasteiger charge is 2.18. The Bertz CT molecular complexity index is 1980. The minimum Gasteiger partial charge on any atom is -0.382 e. The zero-order chi connectivity index (χ0) is 81.1. The number of hydrogen-bond donors (Lipinski definition) is 1. The number of hydrogen-bond acceptors (Lipinski definition) is 29. The van der Waals surface area contributed by atoms with Crippen molar-refractivity contribution in [2.45, 2.75) is 103 Å². The predicted molar refractivity (Wildman–Crippen MR) is 475 cm³/mol. The van der Waals surface area contributed by atoms with Crippen molar-refractivity contribution in [3.05, 3.63) is 12.7 Å². The molecule has 2 N–H and O–H groups in total. The molecule has 33 heteroatoms. The molecule has 0 aromatic carbocycles. The summed E-state index contributed by atoms with van der Waals surface area (Å²) in [6.07, 6.45) is 16.8. The van der Waals surface area contributed by atoms with Crippen molar-refractivity contribution in [2.75, 3.05) is 364 Å². The highest BCUT2D eigenvalue weighted by Crippen LogP contribution is 2.18. The lowest BCUT2D eigenvalue weighted by Crippen LogP contribution is -2.35. The number of rotatable bonds is 97. The van der Waals surface area contributed by atoms with Crippen molar-refractivity contribution in [3.8, 4) is 0 Å². The van der Waals surface area contributed by atoms with Crippen molar-refractivity contribution in [1.29, 1.82) is 0 Å². The lowest BCUT2D eigenvalue weighted by atomic mass is 10.3. The number of nitrogens with two attached hydrogens (primary N) is 1. The monoisotopic (exact) mass is 1750 g/mol. The Balaban J connectivity index is 4.88. The number of amides is 4. The van der Waals surface area contributed by atoms with E-state index in [-0.39, 0.29) is 23.6 Å². The fourth-order valence-corrected chi connectivity index (χ4v) is 17.5. The second kappa shape index (κ2) is 96.2. The second-order valence-corrected chi connectivity index (χ2v) is 35.3. The van der Waals surface area contributed by atoms with Gasteiger partial charge in [0.2, 0.25) is 23.6 Å². The third-order valence-corrected chi connectivity index (χ3v) is 25.2. The van der Waals surface area contributed by atoms with E-state index in [1.54, 1.807) is 34.5 Å². The summed E-state index contributed by atoms with van der Waals surface area (Å²) in [4.78, 5) is 61.5. The lowest BCUT2D eigenvalue weighted by Gasteiger charge is -2.23. The van der Waals surface area contributed by atoms with Gasteiger partial charge in [-0.25, -0.2) is 0 Å². The van der Waals surface area contributed by atoms with Crippen molar-refractivity contribution >= 4 is 118 Å². The first-order valence-electron chi connectivity index (χ1n) is 41.2. The number of methoxy groups -OCH3 is 4.